The van der Waals surface area contributed by atoms with Gasteiger partial charge in [-0.1, -0.05) is 24.8 Å². The molecule has 2 amide bonds. The zero-order valence-electron chi connectivity index (χ0n) is 20.9. The van der Waals surface area contributed by atoms with Crippen molar-refractivity contribution in [2.24, 2.45) is 11.8 Å². The number of nitrogens with zero attached hydrogens (tertiary/aromatic N) is 5. The monoisotopic (exact) mass is 557 g/mol. The van der Waals surface area contributed by atoms with E-state index in [0.717, 1.165) is 0 Å². The molecule has 0 spiro atoms. The average molecular weight is 558 g/mol. The minimum absolute atomic E-state index is 0.0147. The van der Waals surface area contributed by atoms with Crippen molar-refractivity contribution in [1.29, 1.82) is 0 Å². The summed E-state index contributed by atoms with van der Waals surface area (Å²) in [5, 5.41) is 26.2. The van der Waals surface area contributed by atoms with E-state index >= 15 is 0 Å². The quantitative estimate of drug-likeness (QED) is 0.271. The van der Waals surface area contributed by atoms with Gasteiger partial charge in [-0.15, -0.1) is 11.8 Å². The molecule has 4 N–H and O–H groups in total. The Morgan fingerprint density at radius 3 is 2.71 bits per heavy atom. The summed E-state index contributed by atoms with van der Waals surface area (Å²) >= 11 is 2.71. The van der Waals surface area contributed by atoms with Gasteiger partial charge in [0.15, 0.2) is 11.0 Å². The topological polar surface area (TPSA) is 171 Å². The Morgan fingerprint density at radius 1 is 1.26 bits per heavy atom. The lowest BCUT2D eigenvalue weighted by Crippen LogP contribution is -2.63. The van der Waals surface area contributed by atoms with Crippen molar-refractivity contribution in [2.45, 2.75) is 48.9 Å². The van der Waals surface area contributed by atoms with Gasteiger partial charge in [-0.05, 0) is 31.7 Å². The van der Waals surface area contributed by atoms with Crippen LogP contribution in [-0.4, -0.2) is 89.1 Å². The van der Waals surface area contributed by atoms with Gasteiger partial charge in [-0.25, -0.2) is 9.78 Å². The van der Waals surface area contributed by atoms with Crippen LogP contribution < -0.4 is 10.6 Å². The second-order valence-corrected chi connectivity index (χ2v) is 11.5. The van der Waals surface area contributed by atoms with Gasteiger partial charge in [0.05, 0.1) is 24.1 Å². The molecular formula is C24H27N7O5S2. The number of pyridine rings is 1. The number of carboxylic acids is 1. The number of amides is 2. The fourth-order valence-electron chi connectivity index (χ4n) is 5.16. The lowest BCUT2D eigenvalue weighted by Gasteiger charge is -2.46. The molecule has 5 heterocycles. The first-order valence-corrected chi connectivity index (χ1v) is 14.2. The number of aromatic nitrogens is 4. The number of hydrogen-bond acceptors (Lipinski definition) is 11. The Morgan fingerprint density at radius 2 is 2.05 bits per heavy atom. The second-order valence-electron chi connectivity index (χ2n) is 9.38. The van der Waals surface area contributed by atoms with Crippen molar-refractivity contribution in [2.75, 3.05) is 18.1 Å². The number of carbonyl (C=O) groups is 3. The summed E-state index contributed by atoms with van der Waals surface area (Å²) in [6, 6.07) is 4.48. The predicted octanol–water partition coefficient (Wildman–Crippen LogP) is 1.21. The van der Waals surface area contributed by atoms with Gasteiger partial charge >= 0.3 is 5.97 Å². The Kier molecular flexibility index (Phi) is 7.40. The van der Waals surface area contributed by atoms with E-state index in [1.165, 1.54) is 28.4 Å². The molecule has 0 saturated carbocycles. The first-order valence-electron chi connectivity index (χ1n) is 12.1. The van der Waals surface area contributed by atoms with Crippen molar-refractivity contribution in [3.8, 4) is 11.5 Å². The average Bonchev–Trinajstić information content (AvgIpc) is 3.46. The van der Waals surface area contributed by atoms with E-state index in [9.17, 15) is 24.6 Å². The fraction of sp³-hybridized carbons (Fsp3) is 0.458. The van der Waals surface area contributed by atoms with Gasteiger partial charge in [0.1, 0.15) is 11.4 Å². The largest absolute Gasteiger partial charge is 0.477 e. The number of β-lactam (4-membered cyclic amide) rings is 1. The zero-order chi connectivity index (χ0) is 27.1. The number of fused-ring (bicyclic) bond motifs is 1. The van der Waals surface area contributed by atoms with Gasteiger partial charge in [0.2, 0.25) is 17.8 Å². The third kappa shape index (κ3) is 4.77. The number of nitrogens with one attached hydrogen (secondary N) is 2. The van der Waals surface area contributed by atoms with Gasteiger partial charge in [0, 0.05) is 28.8 Å². The summed E-state index contributed by atoms with van der Waals surface area (Å²) in [5.41, 5.74) is 0.546. The van der Waals surface area contributed by atoms with E-state index in [0.29, 0.717) is 34.5 Å². The molecule has 200 valence electrons. The molecule has 5 rings (SSSR count). The predicted molar refractivity (Wildman–Crippen MR) is 141 cm³/mol. The van der Waals surface area contributed by atoms with Crippen molar-refractivity contribution in [1.82, 2.24) is 30.2 Å². The van der Waals surface area contributed by atoms with Gasteiger partial charge in [0.25, 0.3) is 0 Å². The Bertz CT molecular complexity index is 1310. The smallest absolute Gasteiger partial charge is 0.353 e. The molecule has 1 unspecified atom stereocenters. The number of aliphatic carboxylic acids is 1. The van der Waals surface area contributed by atoms with E-state index in [1.54, 1.807) is 25.3 Å². The maximum Gasteiger partial charge on any atom is 0.353 e. The first-order chi connectivity index (χ1) is 18.2. The molecule has 38 heavy (non-hydrogen) atoms. The molecule has 0 aliphatic carbocycles. The maximum atomic E-state index is 13.1. The van der Waals surface area contributed by atoms with Gasteiger partial charge in [-0.2, -0.15) is 9.97 Å². The van der Waals surface area contributed by atoms with Crippen molar-refractivity contribution < 1.29 is 24.6 Å². The summed E-state index contributed by atoms with van der Waals surface area (Å²) in [4.78, 5) is 56.9. The van der Waals surface area contributed by atoms with Crippen LogP contribution in [0.3, 0.4) is 0 Å². The normalized spacial score (nSPS) is 27.2. The number of aliphatic hydroxyl groups is 1. The lowest BCUT2D eigenvalue weighted by atomic mass is 9.79. The van der Waals surface area contributed by atoms with Crippen LogP contribution in [-0.2, 0) is 14.4 Å². The highest BCUT2D eigenvalue weighted by molar-refractivity contribution is 8.03. The SMILES string of the molecule is CSc1nc(NC(=O)[C@@H]2C[C@H](SC3=C(C(=O)O)N4C(=O)[C@H]([C@@H](C)O)C4[C@H]3C)CN2)nc(-c2ccccn2)n1. The molecule has 14 heteroatoms. The summed E-state index contributed by atoms with van der Waals surface area (Å²) in [7, 11) is 0. The third-order valence-corrected chi connectivity index (χ3v) is 9.00. The highest BCUT2D eigenvalue weighted by Crippen LogP contribution is 2.51. The minimum Gasteiger partial charge on any atom is -0.477 e. The molecule has 2 aromatic heterocycles. The standard InChI is InChI=1S/C24H27N7O5S2/c1-10-16-15(11(2)32)21(34)31(16)17(22(35)36)18(10)38-12-8-14(26-9-12)20(33)29-23-27-19(28-24(30-23)37-3)13-6-4-5-7-25-13/h4-7,10-12,14-16,26,32H,8-9H2,1-3H3,(H,35,36)(H,27,28,29,30,33)/t10-,11-,12+,14+,15-,16?/m1/s1. The summed E-state index contributed by atoms with van der Waals surface area (Å²) in [6.07, 6.45) is 3.06. The van der Waals surface area contributed by atoms with E-state index in [2.05, 4.69) is 30.6 Å². The number of anilines is 1. The highest BCUT2D eigenvalue weighted by atomic mass is 32.2. The minimum atomic E-state index is -1.16. The molecular weight excluding hydrogens is 530 g/mol. The summed E-state index contributed by atoms with van der Waals surface area (Å²) < 4.78 is 0. The number of aliphatic hydroxyl groups excluding tert-OH is 1. The highest BCUT2D eigenvalue weighted by Gasteiger charge is 2.60. The molecule has 3 aliphatic rings. The number of hydrogen-bond donors (Lipinski definition) is 4. The Labute approximate surface area is 227 Å². The molecule has 3 aliphatic heterocycles. The molecule has 6 atom stereocenters. The molecule has 2 aromatic rings. The summed E-state index contributed by atoms with van der Waals surface area (Å²) in [6.45, 7) is 3.92. The van der Waals surface area contributed by atoms with E-state index in [-0.39, 0.29) is 40.7 Å². The second kappa shape index (κ2) is 10.6. The number of carbonyl (C=O) groups excluding carboxylic acids is 2. The van der Waals surface area contributed by atoms with Crippen LogP contribution in [0.2, 0.25) is 0 Å². The van der Waals surface area contributed by atoms with Crippen LogP contribution in [0.25, 0.3) is 11.5 Å². The third-order valence-electron chi connectivity index (χ3n) is 6.94. The van der Waals surface area contributed by atoms with Crippen LogP contribution in [0.5, 0.6) is 0 Å². The van der Waals surface area contributed by atoms with Crippen LogP contribution in [0.15, 0.2) is 40.2 Å². The van der Waals surface area contributed by atoms with Crippen molar-refractivity contribution in [3.63, 3.8) is 0 Å². The molecule has 0 bridgehead atoms. The maximum absolute atomic E-state index is 13.1. The van der Waals surface area contributed by atoms with Crippen LogP contribution in [0.4, 0.5) is 5.95 Å². The molecule has 2 fully saturated rings. The lowest BCUT2D eigenvalue weighted by molar-refractivity contribution is -0.163. The number of carboxylic acid groups (broad SMARTS) is 1. The fourth-order valence-corrected chi connectivity index (χ4v) is 7.00. The van der Waals surface area contributed by atoms with Crippen LogP contribution >= 0.6 is 23.5 Å². The van der Waals surface area contributed by atoms with E-state index in [4.69, 9.17) is 0 Å². The van der Waals surface area contributed by atoms with E-state index in [1.807, 2.05) is 19.2 Å². The van der Waals surface area contributed by atoms with E-state index < -0.39 is 24.0 Å². The van der Waals surface area contributed by atoms with Crippen molar-refractivity contribution >= 4 is 47.3 Å². The van der Waals surface area contributed by atoms with Crippen LogP contribution in [0.1, 0.15) is 20.3 Å². The Hall–Kier alpha value is -3.07. The Balaban J connectivity index is 1.27. The molecule has 2 saturated heterocycles. The van der Waals surface area contributed by atoms with Gasteiger partial charge < -0.3 is 20.4 Å². The van der Waals surface area contributed by atoms with Crippen molar-refractivity contribution in [3.05, 3.63) is 35.0 Å². The molecule has 0 aromatic carbocycles. The number of thioether (sulfide) groups is 2. The zero-order valence-corrected chi connectivity index (χ0v) is 22.5. The summed E-state index contributed by atoms with van der Waals surface area (Å²) in [5.74, 6) is -2.19. The number of rotatable bonds is 8. The molecule has 12 nitrogen and oxygen atoms in total. The molecule has 0 radical (unpaired) electrons. The first kappa shape index (κ1) is 26.5. The van der Waals surface area contributed by atoms with Gasteiger partial charge in [-0.3, -0.25) is 19.9 Å². The van der Waals surface area contributed by atoms with Crippen LogP contribution in [0, 0.1) is 11.8 Å².